The molecule has 0 aromatic heterocycles. The van der Waals surface area contributed by atoms with Gasteiger partial charge in [0.1, 0.15) is 0 Å². The van der Waals surface area contributed by atoms with Crippen LogP contribution in [0.5, 0.6) is 0 Å². The van der Waals surface area contributed by atoms with E-state index in [1.54, 1.807) is 12.1 Å². The number of amides is 1. The molecule has 1 fully saturated rings. The van der Waals surface area contributed by atoms with E-state index in [-0.39, 0.29) is 11.6 Å². The average Bonchev–Trinajstić information content (AvgIpc) is 3.30. The number of nitro benzene ring substituents is 1. The van der Waals surface area contributed by atoms with Crippen molar-refractivity contribution in [1.29, 1.82) is 0 Å². The maximum Gasteiger partial charge on any atom is 0.269 e. The summed E-state index contributed by atoms with van der Waals surface area (Å²) in [6.07, 6.45) is 3.27. The number of nitrogens with zero attached hydrogens (tertiary/aromatic N) is 2. The van der Waals surface area contributed by atoms with E-state index in [0.717, 1.165) is 30.7 Å². The molecule has 0 bridgehead atoms. The highest BCUT2D eigenvalue weighted by Crippen LogP contribution is 2.29. The summed E-state index contributed by atoms with van der Waals surface area (Å²) in [7, 11) is 0. The van der Waals surface area contributed by atoms with Crippen molar-refractivity contribution in [2.24, 2.45) is 5.92 Å². The number of hydrogen-bond acceptors (Lipinski definition) is 4. The summed E-state index contributed by atoms with van der Waals surface area (Å²) in [6, 6.07) is 6.79. The number of hydrogen-bond donors (Lipinski definition) is 0. The average molecular weight is 322 g/mol. The topological polar surface area (TPSA) is 63.5 Å². The van der Waals surface area contributed by atoms with E-state index < -0.39 is 4.92 Å². The first-order valence-corrected chi connectivity index (χ1v) is 8.62. The Morgan fingerprint density at radius 2 is 2.00 bits per heavy atom. The standard InChI is InChI=1S/C16H22N2O3S/c1-12(2)9-10-17(13-3-4-13)16(19)11-22-15-7-5-14(6-8-15)18(20)21/h5-8,12-13H,3-4,9-11H2,1-2H3. The molecule has 1 aromatic carbocycles. The van der Waals surface area contributed by atoms with Crippen molar-refractivity contribution in [3.05, 3.63) is 34.4 Å². The lowest BCUT2D eigenvalue weighted by Gasteiger charge is -2.23. The molecule has 0 saturated heterocycles. The van der Waals surface area contributed by atoms with Crippen molar-refractivity contribution < 1.29 is 9.72 Å². The van der Waals surface area contributed by atoms with Crippen LogP contribution in [-0.2, 0) is 4.79 Å². The van der Waals surface area contributed by atoms with Crippen LogP contribution in [0, 0.1) is 16.0 Å². The Morgan fingerprint density at radius 3 is 2.50 bits per heavy atom. The molecule has 0 radical (unpaired) electrons. The molecule has 1 aliphatic rings. The van der Waals surface area contributed by atoms with Crippen molar-refractivity contribution in [3.63, 3.8) is 0 Å². The van der Waals surface area contributed by atoms with Gasteiger partial charge in [0.15, 0.2) is 0 Å². The predicted octanol–water partition coefficient (Wildman–Crippen LogP) is 3.72. The maximum atomic E-state index is 12.4. The molecule has 0 atom stereocenters. The van der Waals surface area contributed by atoms with Gasteiger partial charge in [0.2, 0.25) is 5.91 Å². The Kier molecular flexibility index (Phi) is 5.83. The number of benzene rings is 1. The van der Waals surface area contributed by atoms with Gasteiger partial charge < -0.3 is 4.90 Å². The van der Waals surface area contributed by atoms with Gasteiger partial charge in [0.05, 0.1) is 10.7 Å². The Balaban J connectivity index is 1.85. The predicted molar refractivity (Wildman–Crippen MR) is 88.0 cm³/mol. The molecule has 1 aromatic rings. The van der Waals surface area contributed by atoms with Crippen LogP contribution in [0.4, 0.5) is 5.69 Å². The molecule has 1 amide bonds. The number of thioether (sulfide) groups is 1. The Bertz CT molecular complexity index is 527. The van der Waals surface area contributed by atoms with Crippen molar-refractivity contribution >= 4 is 23.4 Å². The molecule has 2 rings (SSSR count). The molecular weight excluding hydrogens is 300 g/mol. The van der Waals surface area contributed by atoms with Crippen molar-refractivity contribution in [3.8, 4) is 0 Å². The summed E-state index contributed by atoms with van der Waals surface area (Å²) in [5.41, 5.74) is 0.0761. The highest BCUT2D eigenvalue weighted by molar-refractivity contribution is 8.00. The summed E-state index contributed by atoms with van der Waals surface area (Å²) in [4.78, 5) is 25.5. The van der Waals surface area contributed by atoms with E-state index in [4.69, 9.17) is 0 Å². The Hall–Kier alpha value is -1.56. The van der Waals surface area contributed by atoms with Gasteiger partial charge in [-0.15, -0.1) is 11.8 Å². The zero-order valence-electron chi connectivity index (χ0n) is 13.0. The molecule has 1 saturated carbocycles. The molecule has 5 nitrogen and oxygen atoms in total. The zero-order chi connectivity index (χ0) is 16.1. The van der Waals surface area contributed by atoms with Gasteiger partial charge in [-0.1, -0.05) is 13.8 Å². The number of non-ortho nitro benzene ring substituents is 1. The van der Waals surface area contributed by atoms with Crippen molar-refractivity contribution in [2.45, 2.75) is 44.0 Å². The summed E-state index contributed by atoms with van der Waals surface area (Å²) < 4.78 is 0. The molecule has 0 N–H and O–H groups in total. The third-order valence-corrected chi connectivity index (χ3v) is 4.66. The molecule has 0 heterocycles. The van der Waals surface area contributed by atoms with E-state index >= 15 is 0 Å². The lowest BCUT2D eigenvalue weighted by atomic mass is 10.1. The summed E-state index contributed by atoms with van der Waals surface area (Å²) >= 11 is 1.44. The smallest absolute Gasteiger partial charge is 0.269 e. The van der Waals surface area contributed by atoms with Crippen LogP contribution in [-0.4, -0.2) is 34.1 Å². The Morgan fingerprint density at radius 1 is 1.36 bits per heavy atom. The first kappa shape index (κ1) is 16.8. The van der Waals surface area contributed by atoms with Crippen LogP contribution in [0.1, 0.15) is 33.1 Å². The number of carbonyl (C=O) groups is 1. The summed E-state index contributed by atoms with van der Waals surface area (Å²) in [5, 5.41) is 10.6. The molecule has 0 spiro atoms. The molecule has 6 heteroatoms. The zero-order valence-corrected chi connectivity index (χ0v) is 13.8. The first-order chi connectivity index (χ1) is 10.5. The molecular formula is C16H22N2O3S. The highest BCUT2D eigenvalue weighted by atomic mass is 32.2. The van der Waals surface area contributed by atoms with Gasteiger partial charge in [0, 0.05) is 29.6 Å². The quantitative estimate of drug-likeness (QED) is 0.416. The summed E-state index contributed by atoms with van der Waals surface area (Å²) in [5.74, 6) is 1.16. The van der Waals surface area contributed by atoms with E-state index in [2.05, 4.69) is 13.8 Å². The minimum absolute atomic E-state index is 0.0761. The molecule has 0 unspecified atom stereocenters. The van der Waals surface area contributed by atoms with E-state index in [9.17, 15) is 14.9 Å². The fourth-order valence-electron chi connectivity index (χ4n) is 2.19. The highest BCUT2D eigenvalue weighted by Gasteiger charge is 2.32. The van der Waals surface area contributed by atoms with Crippen molar-refractivity contribution in [2.75, 3.05) is 12.3 Å². The van der Waals surface area contributed by atoms with Gasteiger partial charge >= 0.3 is 0 Å². The monoisotopic (exact) mass is 322 g/mol. The minimum Gasteiger partial charge on any atom is -0.339 e. The Labute approximate surface area is 135 Å². The van der Waals surface area contributed by atoms with Gasteiger partial charge in [-0.25, -0.2) is 0 Å². The van der Waals surface area contributed by atoms with Crippen LogP contribution in [0.2, 0.25) is 0 Å². The number of rotatable bonds is 8. The van der Waals surface area contributed by atoms with Crippen LogP contribution in [0.3, 0.4) is 0 Å². The van der Waals surface area contributed by atoms with Crippen LogP contribution in [0.15, 0.2) is 29.2 Å². The molecule has 22 heavy (non-hydrogen) atoms. The van der Waals surface area contributed by atoms with Gasteiger partial charge in [0.25, 0.3) is 5.69 Å². The molecule has 0 aliphatic heterocycles. The lowest BCUT2D eigenvalue weighted by Crippen LogP contribution is -2.35. The lowest BCUT2D eigenvalue weighted by molar-refractivity contribution is -0.384. The third kappa shape index (κ3) is 5.02. The van der Waals surface area contributed by atoms with Crippen LogP contribution >= 0.6 is 11.8 Å². The van der Waals surface area contributed by atoms with E-state index in [1.807, 2.05) is 4.90 Å². The number of nitro groups is 1. The second-order valence-corrected chi connectivity index (χ2v) is 7.09. The fourth-order valence-corrected chi connectivity index (χ4v) is 2.97. The van der Waals surface area contributed by atoms with Crippen LogP contribution < -0.4 is 0 Å². The van der Waals surface area contributed by atoms with E-state index in [1.165, 1.54) is 23.9 Å². The van der Waals surface area contributed by atoms with Gasteiger partial charge in [-0.3, -0.25) is 14.9 Å². The first-order valence-electron chi connectivity index (χ1n) is 7.64. The van der Waals surface area contributed by atoms with Crippen molar-refractivity contribution in [1.82, 2.24) is 4.90 Å². The maximum absolute atomic E-state index is 12.4. The second-order valence-electron chi connectivity index (χ2n) is 6.04. The molecule has 1 aliphatic carbocycles. The fraction of sp³-hybridized carbons (Fsp3) is 0.562. The minimum atomic E-state index is -0.416. The van der Waals surface area contributed by atoms with Crippen LogP contribution in [0.25, 0.3) is 0 Å². The van der Waals surface area contributed by atoms with E-state index in [0.29, 0.717) is 17.7 Å². The van der Waals surface area contributed by atoms with Gasteiger partial charge in [-0.2, -0.15) is 0 Å². The largest absolute Gasteiger partial charge is 0.339 e. The second kappa shape index (κ2) is 7.63. The summed E-state index contributed by atoms with van der Waals surface area (Å²) in [6.45, 7) is 5.17. The molecule has 120 valence electrons. The normalized spacial score (nSPS) is 14.1. The third-order valence-electron chi connectivity index (χ3n) is 3.67. The van der Waals surface area contributed by atoms with Gasteiger partial charge in [-0.05, 0) is 37.3 Å². The number of carbonyl (C=O) groups excluding carboxylic acids is 1. The SMILES string of the molecule is CC(C)CCN(C(=O)CSc1ccc([N+](=O)[O-])cc1)C1CC1.